The minimum Gasteiger partial charge on any atom is -0.494 e. The van der Waals surface area contributed by atoms with Gasteiger partial charge in [-0.05, 0) is 24.6 Å². The highest BCUT2D eigenvalue weighted by molar-refractivity contribution is 5.31. The molecule has 84 valence electrons. The van der Waals surface area contributed by atoms with Crippen molar-refractivity contribution in [2.75, 3.05) is 6.61 Å². The van der Waals surface area contributed by atoms with Crippen LogP contribution < -0.4 is 10.5 Å². The van der Waals surface area contributed by atoms with Gasteiger partial charge in [-0.25, -0.2) is 0 Å². The Labute approximate surface area is 85.8 Å². The summed E-state index contributed by atoms with van der Waals surface area (Å²) in [5.41, 5.74) is 5.06. The van der Waals surface area contributed by atoms with Crippen LogP contribution in [0, 0.1) is 0 Å². The van der Waals surface area contributed by atoms with Gasteiger partial charge < -0.3 is 10.5 Å². The van der Waals surface area contributed by atoms with Crippen LogP contribution in [0.3, 0.4) is 0 Å². The minimum atomic E-state index is -4.43. The van der Waals surface area contributed by atoms with Gasteiger partial charge in [0.2, 0.25) is 0 Å². The van der Waals surface area contributed by atoms with Gasteiger partial charge in [-0.3, -0.25) is 0 Å². The molecule has 0 saturated carbocycles. The summed E-state index contributed by atoms with van der Waals surface area (Å²) >= 11 is 0. The molecular weight excluding hydrogens is 207 g/mol. The fraction of sp³-hybridized carbons (Fsp3) is 0.400. The molecule has 0 radical (unpaired) electrons. The fourth-order valence-corrected chi connectivity index (χ4v) is 1.15. The highest BCUT2D eigenvalue weighted by Gasteiger charge is 2.37. The van der Waals surface area contributed by atoms with Gasteiger partial charge in [-0.2, -0.15) is 13.2 Å². The van der Waals surface area contributed by atoms with Crippen molar-refractivity contribution >= 4 is 0 Å². The molecule has 0 spiro atoms. The first kappa shape index (κ1) is 11.8. The first-order valence-corrected chi connectivity index (χ1v) is 4.50. The Balaban J connectivity index is 2.90. The molecule has 0 aromatic heterocycles. The second-order valence-electron chi connectivity index (χ2n) is 3.02. The second kappa shape index (κ2) is 4.53. The molecule has 0 aliphatic rings. The number of nitrogens with two attached hydrogens (primary N) is 1. The van der Waals surface area contributed by atoms with E-state index in [9.17, 15) is 13.2 Å². The lowest BCUT2D eigenvalue weighted by Gasteiger charge is -2.16. The highest BCUT2D eigenvalue weighted by Crippen LogP contribution is 2.31. The van der Waals surface area contributed by atoms with Crippen LogP contribution in [0.15, 0.2) is 24.3 Å². The Morgan fingerprint density at radius 3 is 2.60 bits per heavy atom. The summed E-state index contributed by atoms with van der Waals surface area (Å²) in [6.07, 6.45) is -4.43. The summed E-state index contributed by atoms with van der Waals surface area (Å²) in [5.74, 6) is 0.398. The van der Waals surface area contributed by atoms with Gasteiger partial charge in [0.05, 0.1) is 6.61 Å². The van der Waals surface area contributed by atoms with Gasteiger partial charge in [0.1, 0.15) is 11.8 Å². The minimum absolute atomic E-state index is 0.00782. The molecule has 5 heteroatoms. The number of ether oxygens (including phenoxy) is 1. The molecular formula is C10H12F3NO. The van der Waals surface area contributed by atoms with E-state index in [1.165, 1.54) is 18.2 Å². The molecule has 2 N–H and O–H groups in total. The lowest BCUT2D eigenvalue weighted by atomic mass is 10.1. The predicted molar refractivity (Wildman–Crippen MR) is 50.6 cm³/mol. The quantitative estimate of drug-likeness (QED) is 0.848. The maximum Gasteiger partial charge on any atom is 0.407 e. The van der Waals surface area contributed by atoms with E-state index in [2.05, 4.69) is 0 Å². The maximum atomic E-state index is 12.3. The Morgan fingerprint density at radius 2 is 2.07 bits per heavy atom. The molecule has 0 bridgehead atoms. The lowest BCUT2D eigenvalue weighted by molar-refractivity contribution is -0.149. The molecule has 0 amide bonds. The van der Waals surface area contributed by atoms with Gasteiger partial charge in [-0.15, -0.1) is 0 Å². The molecule has 1 aromatic carbocycles. The van der Waals surface area contributed by atoms with E-state index in [1.54, 1.807) is 13.0 Å². The zero-order valence-electron chi connectivity index (χ0n) is 8.21. The van der Waals surface area contributed by atoms with Crippen molar-refractivity contribution in [3.05, 3.63) is 29.8 Å². The Hall–Kier alpha value is -1.23. The van der Waals surface area contributed by atoms with E-state index in [0.717, 1.165) is 0 Å². The number of benzene rings is 1. The molecule has 1 rings (SSSR count). The Morgan fingerprint density at radius 1 is 1.40 bits per heavy atom. The largest absolute Gasteiger partial charge is 0.494 e. The average molecular weight is 219 g/mol. The Kier molecular flexibility index (Phi) is 3.57. The standard InChI is InChI=1S/C10H12F3NO/c1-2-15-8-5-3-4-7(6-8)9(14)10(11,12)13/h3-6,9H,2,14H2,1H3. The molecule has 2 nitrogen and oxygen atoms in total. The highest BCUT2D eigenvalue weighted by atomic mass is 19.4. The van der Waals surface area contributed by atoms with E-state index in [1.807, 2.05) is 0 Å². The molecule has 0 saturated heterocycles. The first-order chi connectivity index (χ1) is 6.95. The molecule has 1 aromatic rings. The third kappa shape index (κ3) is 3.13. The molecule has 1 unspecified atom stereocenters. The zero-order chi connectivity index (χ0) is 11.5. The van der Waals surface area contributed by atoms with E-state index in [-0.39, 0.29) is 5.56 Å². The summed E-state index contributed by atoms with van der Waals surface area (Å²) in [7, 11) is 0. The van der Waals surface area contributed by atoms with Crippen molar-refractivity contribution in [2.24, 2.45) is 5.73 Å². The summed E-state index contributed by atoms with van der Waals surface area (Å²) < 4.78 is 41.9. The molecule has 0 aliphatic heterocycles. The van der Waals surface area contributed by atoms with Crippen LogP contribution in [0.4, 0.5) is 13.2 Å². The number of rotatable bonds is 3. The summed E-state index contributed by atoms with van der Waals surface area (Å²) in [6.45, 7) is 2.17. The van der Waals surface area contributed by atoms with Gasteiger partial charge in [-0.1, -0.05) is 12.1 Å². The van der Waals surface area contributed by atoms with Crippen LogP contribution in [0.5, 0.6) is 5.75 Å². The molecule has 15 heavy (non-hydrogen) atoms. The normalized spacial score (nSPS) is 13.7. The van der Waals surface area contributed by atoms with E-state index >= 15 is 0 Å². The van der Waals surface area contributed by atoms with Crippen LogP contribution in [-0.4, -0.2) is 12.8 Å². The molecule has 0 fully saturated rings. The molecule has 1 atom stereocenters. The predicted octanol–water partition coefficient (Wildman–Crippen LogP) is 2.65. The molecule has 0 aliphatic carbocycles. The van der Waals surface area contributed by atoms with E-state index in [4.69, 9.17) is 10.5 Å². The lowest BCUT2D eigenvalue weighted by Crippen LogP contribution is -2.28. The number of halogens is 3. The van der Waals surface area contributed by atoms with Crippen molar-refractivity contribution in [3.8, 4) is 5.75 Å². The third-order valence-electron chi connectivity index (χ3n) is 1.88. The SMILES string of the molecule is CCOc1cccc(C(N)C(F)(F)F)c1. The van der Waals surface area contributed by atoms with Crippen molar-refractivity contribution < 1.29 is 17.9 Å². The summed E-state index contributed by atoms with van der Waals surface area (Å²) in [5, 5.41) is 0. The van der Waals surface area contributed by atoms with Crippen LogP contribution in [0.25, 0.3) is 0 Å². The number of alkyl halides is 3. The van der Waals surface area contributed by atoms with Gasteiger partial charge >= 0.3 is 6.18 Å². The van der Waals surface area contributed by atoms with E-state index < -0.39 is 12.2 Å². The van der Waals surface area contributed by atoms with Crippen molar-refractivity contribution in [3.63, 3.8) is 0 Å². The fourth-order valence-electron chi connectivity index (χ4n) is 1.15. The zero-order valence-corrected chi connectivity index (χ0v) is 8.21. The van der Waals surface area contributed by atoms with Gasteiger partial charge in [0, 0.05) is 0 Å². The van der Waals surface area contributed by atoms with Crippen molar-refractivity contribution in [1.29, 1.82) is 0 Å². The third-order valence-corrected chi connectivity index (χ3v) is 1.88. The summed E-state index contributed by atoms with van der Waals surface area (Å²) in [6, 6.07) is 3.77. The Bertz CT molecular complexity index is 325. The van der Waals surface area contributed by atoms with Crippen LogP contribution >= 0.6 is 0 Å². The smallest absolute Gasteiger partial charge is 0.407 e. The summed E-state index contributed by atoms with van der Waals surface area (Å²) in [4.78, 5) is 0. The van der Waals surface area contributed by atoms with Gasteiger partial charge in [0.25, 0.3) is 0 Å². The monoisotopic (exact) mass is 219 g/mol. The number of hydrogen-bond donors (Lipinski definition) is 1. The topological polar surface area (TPSA) is 35.2 Å². The molecule has 0 heterocycles. The van der Waals surface area contributed by atoms with Crippen LogP contribution in [0.2, 0.25) is 0 Å². The van der Waals surface area contributed by atoms with Crippen LogP contribution in [0.1, 0.15) is 18.5 Å². The first-order valence-electron chi connectivity index (χ1n) is 4.50. The van der Waals surface area contributed by atoms with Crippen LogP contribution in [-0.2, 0) is 0 Å². The van der Waals surface area contributed by atoms with E-state index in [0.29, 0.717) is 12.4 Å². The average Bonchev–Trinajstić information content (AvgIpc) is 2.16. The van der Waals surface area contributed by atoms with Gasteiger partial charge in [0.15, 0.2) is 0 Å². The number of hydrogen-bond acceptors (Lipinski definition) is 2. The maximum absolute atomic E-state index is 12.3. The second-order valence-corrected chi connectivity index (χ2v) is 3.02. The van der Waals surface area contributed by atoms with Crippen molar-refractivity contribution in [1.82, 2.24) is 0 Å². The van der Waals surface area contributed by atoms with Crippen molar-refractivity contribution in [2.45, 2.75) is 19.1 Å².